The number of rotatable bonds is 7. The topological polar surface area (TPSA) is 75.3 Å². The third kappa shape index (κ3) is 5.85. The molecule has 0 aliphatic rings. The molecule has 0 aliphatic carbocycles. The largest absolute Gasteiger partial charge is 0.388 e. The van der Waals surface area contributed by atoms with E-state index in [1.165, 1.54) is 0 Å². The SMILES string of the molecule is CCCC(C)(O)CNC(=O)CC(N)c1ccccc1. The Kier molecular flexibility index (Phi) is 5.99. The van der Waals surface area contributed by atoms with Gasteiger partial charge in [0.2, 0.25) is 5.91 Å². The fraction of sp³-hybridized carbons (Fsp3) is 0.533. The minimum atomic E-state index is -0.846. The van der Waals surface area contributed by atoms with Gasteiger partial charge in [0.05, 0.1) is 5.60 Å². The molecule has 19 heavy (non-hydrogen) atoms. The highest BCUT2D eigenvalue weighted by molar-refractivity contribution is 5.76. The quantitative estimate of drug-likeness (QED) is 0.702. The summed E-state index contributed by atoms with van der Waals surface area (Å²) in [6.45, 7) is 4.00. The first kappa shape index (κ1) is 15.7. The molecule has 0 aliphatic heterocycles. The second kappa shape index (κ2) is 7.26. The summed E-state index contributed by atoms with van der Waals surface area (Å²) in [5, 5.41) is 12.7. The van der Waals surface area contributed by atoms with E-state index in [2.05, 4.69) is 5.32 Å². The van der Waals surface area contributed by atoms with Gasteiger partial charge in [-0.25, -0.2) is 0 Å². The first-order valence-corrected chi connectivity index (χ1v) is 6.74. The fourth-order valence-corrected chi connectivity index (χ4v) is 2.01. The van der Waals surface area contributed by atoms with Crippen LogP contribution in [0.1, 0.15) is 44.7 Å². The molecule has 106 valence electrons. The average molecular weight is 264 g/mol. The standard InChI is InChI=1S/C15H24N2O2/c1-3-9-15(2,19)11-17-14(18)10-13(16)12-7-5-4-6-8-12/h4-8,13,19H,3,9-11,16H2,1-2H3,(H,17,18). The van der Waals surface area contributed by atoms with E-state index in [1.807, 2.05) is 37.3 Å². The molecule has 2 unspecified atom stereocenters. The Balaban J connectivity index is 2.39. The summed E-state index contributed by atoms with van der Waals surface area (Å²) in [6, 6.07) is 9.23. The number of nitrogens with two attached hydrogens (primary N) is 1. The van der Waals surface area contributed by atoms with Crippen molar-refractivity contribution in [3.8, 4) is 0 Å². The van der Waals surface area contributed by atoms with Gasteiger partial charge in [0.25, 0.3) is 0 Å². The maximum atomic E-state index is 11.8. The molecule has 0 aromatic heterocycles. The smallest absolute Gasteiger partial charge is 0.222 e. The molecule has 4 heteroatoms. The van der Waals surface area contributed by atoms with Crippen LogP contribution in [0.4, 0.5) is 0 Å². The first-order chi connectivity index (χ1) is 8.94. The first-order valence-electron chi connectivity index (χ1n) is 6.74. The minimum Gasteiger partial charge on any atom is -0.388 e. The Morgan fingerprint density at radius 3 is 2.63 bits per heavy atom. The van der Waals surface area contributed by atoms with Crippen molar-refractivity contribution in [2.24, 2.45) is 5.73 Å². The maximum absolute atomic E-state index is 11.8. The molecule has 0 saturated carbocycles. The van der Waals surface area contributed by atoms with Crippen molar-refractivity contribution in [2.75, 3.05) is 6.54 Å². The molecule has 0 saturated heterocycles. The lowest BCUT2D eigenvalue weighted by Crippen LogP contribution is -2.41. The van der Waals surface area contributed by atoms with Crippen LogP contribution < -0.4 is 11.1 Å². The molecule has 1 amide bonds. The molecule has 1 aromatic carbocycles. The molecule has 0 heterocycles. The lowest BCUT2D eigenvalue weighted by Gasteiger charge is -2.23. The lowest BCUT2D eigenvalue weighted by molar-refractivity contribution is -0.122. The number of aliphatic hydroxyl groups is 1. The van der Waals surface area contributed by atoms with Crippen LogP contribution in [0.15, 0.2) is 30.3 Å². The predicted molar refractivity (Wildman–Crippen MR) is 76.5 cm³/mol. The minimum absolute atomic E-state index is 0.132. The summed E-state index contributed by atoms with van der Waals surface area (Å²) in [6.07, 6.45) is 1.77. The van der Waals surface area contributed by atoms with Crippen molar-refractivity contribution >= 4 is 5.91 Å². The van der Waals surface area contributed by atoms with Crippen molar-refractivity contribution in [1.82, 2.24) is 5.32 Å². The second-order valence-electron chi connectivity index (χ2n) is 5.24. The van der Waals surface area contributed by atoms with Crippen molar-refractivity contribution in [3.63, 3.8) is 0 Å². The number of carbonyl (C=O) groups excluding carboxylic acids is 1. The normalized spacial score (nSPS) is 15.6. The molecule has 2 atom stereocenters. The molecular weight excluding hydrogens is 240 g/mol. The third-order valence-electron chi connectivity index (χ3n) is 3.09. The number of carbonyl (C=O) groups is 1. The Labute approximate surface area is 115 Å². The molecular formula is C15H24N2O2. The van der Waals surface area contributed by atoms with E-state index >= 15 is 0 Å². The van der Waals surface area contributed by atoms with E-state index in [1.54, 1.807) is 6.92 Å². The van der Waals surface area contributed by atoms with Crippen LogP contribution in [0.25, 0.3) is 0 Å². The Hall–Kier alpha value is -1.39. The summed E-state index contributed by atoms with van der Waals surface area (Å²) < 4.78 is 0. The molecule has 4 nitrogen and oxygen atoms in total. The number of benzene rings is 1. The van der Waals surface area contributed by atoms with Crippen molar-refractivity contribution in [2.45, 2.75) is 44.8 Å². The van der Waals surface area contributed by atoms with E-state index in [0.29, 0.717) is 6.42 Å². The zero-order valence-electron chi connectivity index (χ0n) is 11.7. The lowest BCUT2D eigenvalue weighted by atomic mass is 10.0. The molecule has 0 bridgehead atoms. The van der Waals surface area contributed by atoms with Gasteiger partial charge in [0.1, 0.15) is 0 Å². The van der Waals surface area contributed by atoms with Gasteiger partial charge < -0.3 is 16.2 Å². The third-order valence-corrected chi connectivity index (χ3v) is 3.09. The highest BCUT2D eigenvalue weighted by Gasteiger charge is 2.20. The van der Waals surface area contributed by atoms with E-state index in [0.717, 1.165) is 12.0 Å². The van der Waals surface area contributed by atoms with Gasteiger partial charge in [0.15, 0.2) is 0 Å². The van der Waals surface area contributed by atoms with Gasteiger partial charge in [-0.2, -0.15) is 0 Å². The second-order valence-corrected chi connectivity index (χ2v) is 5.24. The van der Waals surface area contributed by atoms with Crippen LogP contribution >= 0.6 is 0 Å². The number of hydrogen-bond donors (Lipinski definition) is 3. The van der Waals surface area contributed by atoms with Gasteiger partial charge in [-0.15, -0.1) is 0 Å². The van der Waals surface area contributed by atoms with E-state index in [9.17, 15) is 9.90 Å². The zero-order chi connectivity index (χ0) is 14.3. The van der Waals surface area contributed by atoms with Crippen LogP contribution in [0.5, 0.6) is 0 Å². The highest BCUT2D eigenvalue weighted by atomic mass is 16.3. The fourth-order valence-electron chi connectivity index (χ4n) is 2.01. The van der Waals surface area contributed by atoms with Crippen LogP contribution in [0, 0.1) is 0 Å². The zero-order valence-corrected chi connectivity index (χ0v) is 11.7. The summed E-state index contributed by atoms with van der Waals surface area (Å²) in [7, 11) is 0. The van der Waals surface area contributed by atoms with Crippen molar-refractivity contribution < 1.29 is 9.90 Å². The average Bonchev–Trinajstić information content (AvgIpc) is 2.37. The Morgan fingerprint density at radius 2 is 2.05 bits per heavy atom. The summed E-state index contributed by atoms with van der Waals surface area (Å²) in [5.41, 5.74) is 6.07. The van der Waals surface area contributed by atoms with Gasteiger partial charge in [-0.3, -0.25) is 4.79 Å². The summed E-state index contributed by atoms with van der Waals surface area (Å²) >= 11 is 0. The Morgan fingerprint density at radius 1 is 1.42 bits per heavy atom. The predicted octanol–water partition coefficient (Wildman–Crippen LogP) is 1.74. The van der Waals surface area contributed by atoms with Crippen LogP contribution in [0.2, 0.25) is 0 Å². The van der Waals surface area contributed by atoms with Crippen molar-refractivity contribution in [3.05, 3.63) is 35.9 Å². The summed E-state index contributed by atoms with van der Waals surface area (Å²) in [4.78, 5) is 11.8. The van der Waals surface area contributed by atoms with Gasteiger partial charge >= 0.3 is 0 Å². The molecule has 0 spiro atoms. The molecule has 1 aromatic rings. The van der Waals surface area contributed by atoms with E-state index < -0.39 is 5.60 Å². The van der Waals surface area contributed by atoms with E-state index in [4.69, 9.17) is 5.73 Å². The van der Waals surface area contributed by atoms with Gasteiger partial charge in [-0.05, 0) is 18.9 Å². The maximum Gasteiger partial charge on any atom is 0.222 e. The molecule has 4 N–H and O–H groups in total. The van der Waals surface area contributed by atoms with Crippen molar-refractivity contribution in [1.29, 1.82) is 0 Å². The van der Waals surface area contributed by atoms with Gasteiger partial charge in [0, 0.05) is 19.0 Å². The van der Waals surface area contributed by atoms with Crippen LogP contribution in [-0.2, 0) is 4.79 Å². The number of hydrogen-bond acceptors (Lipinski definition) is 3. The van der Waals surface area contributed by atoms with Crippen LogP contribution in [0.3, 0.4) is 0 Å². The Bertz CT molecular complexity index is 390. The molecule has 1 rings (SSSR count). The highest BCUT2D eigenvalue weighted by Crippen LogP contribution is 2.14. The molecule has 0 radical (unpaired) electrons. The summed E-state index contributed by atoms with van der Waals surface area (Å²) in [5.74, 6) is -0.132. The van der Waals surface area contributed by atoms with E-state index in [-0.39, 0.29) is 24.9 Å². The van der Waals surface area contributed by atoms with Gasteiger partial charge in [-0.1, -0.05) is 43.7 Å². The molecule has 0 fully saturated rings. The number of amides is 1. The van der Waals surface area contributed by atoms with Crippen LogP contribution in [-0.4, -0.2) is 23.2 Å². The monoisotopic (exact) mass is 264 g/mol. The number of nitrogens with one attached hydrogen (secondary N) is 1.